The number of hydrogen-bond acceptors (Lipinski definition) is 4. The van der Waals surface area contributed by atoms with Crippen LogP contribution in [0.15, 0.2) is 42.6 Å². The summed E-state index contributed by atoms with van der Waals surface area (Å²) in [5.74, 6) is 1.05. The lowest BCUT2D eigenvalue weighted by atomic mass is 10.2. The molecule has 2 aromatic rings. The molecule has 27 heavy (non-hydrogen) atoms. The maximum absolute atomic E-state index is 13.3. The molecule has 0 unspecified atom stereocenters. The Kier molecular flexibility index (Phi) is 6.98. The standard InChI is InChI=1S/C20H24FN3O3/c21-17-5-1-6-18(12-17)27-19-16(4-2-9-22-19)13-24-20(25)23-10-3-11-26-14-15-7-8-15/h1-2,4-6,9,12,15H,3,7-8,10-11,13-14H2,(H2,23,24,25). The van der Waals surface area contributed by atoms with Crippen LogP contribution in [-0.4, -0.2) is 30.8 Å². The fourth-order valence-corrected chi connectivity index (χ4v) is 2.44. The minimum absolute atomic E-state index is 0.252. The fourth-order valence-electron chi connectivity index (χ4n) is 2.44. The lowest BCUT2D eigenvalue weighted by Gasteiger charge is -2.11. The number of amides is 2. The molecule has 1 aliphatic carbocycles. The van der Waals surface area contributed by atoms with Crippen LogP contribution in [0.1, 0.15) is 24.8 Å². The lowest BCUT2D eigenvalue weighted by molar-refractivity contribution is 0.122. The molecule has 1 saturated carbocycles. The summed E-state index contributed by atoms with van der Waals surface area (Å²) in [6.07, 6.45) is 4.92. The van der Waals surface area contributed by atoms with Crippen molar-refractivity contribution in [2.75, 3.05) is 19.8 Å². The van der Waals surface area contributed by atoms with Crippen LogP contribution in [0.3, 0.4) is 0 Å². The van der Waals surface area contributed by atoms with Gasteiger partial charge in [0.05, 0.1) is 0 Å². The van der Waals surface area contributed by atoms with Crippen LogP contribution in [0.4, 0.5) is 9.18 Å². The van der Waals surface area contributed by atoms with Gasteiger partial charge in [-0.15, -0.1) is 0 Å². The van der Waals surface area contributed by atoms with E-state index in [1.54, 1.807) is 30.5 Å². The summed E-state index contributed by atoms with van der Waals surface area (Å²) in [6, 6.07) is 9.12. The summed E-state index contributed by atoms with van der Waals surface area (Å²) in [6.45, 7) is 2.30. The number of ether oxygens (including phenoxy) is 2. The van der Waals surface area contributed by atoms with E-state index in [1.807, 2.05) is 0 Å². The van der Waals surface area contributed by atoms with Gasteiger partial charge in [0.1, 0.15) is 11.6 Å². The number of carbonyl (C=O) groups excluding carboxylic acids is 1. The van der Waals surface area contributed by atoms with E-state index in [2.05, 4.69) is 15.6 Å². The summed E-state index contributed by atoms with van der Waals surface area (Å²) >= 11 is 0. The van der Waals surface area contributed by atoms with Gasteiger partial charge in [0.2, 0.25) is 5.88 Å². The van der Waals surface area contributed by atoms with E-state index in [9.17, 15) is 9.18 Å². The van der Waals surface area contributed by atoms with Crippen molar-refractivity contribution in [3.05, 3.63) is 54.0 Å². The predicted molar refractivity (Wildman–Crippen MR) is 99.1 cm³/mol. The number of hydrogen-bond donors (Lipinski definition) is 2. The molecule has 2 N–H and O–H groups in total. The van der Waals surface area contributed by atoms with E-state index in [0.717, 1.165) is 18.9 Å². The number of nitrogens with zero attached hydrogens (tertiary/aromatic N) is 1. The molecule has 1 aromatic heterocycles. The van der Waals surface area contributed by atoms with Gasteiger partial charge in [-0.05, 0) is 43.4 Å². The third kappa shape index (κ3) is 6.86. The number of aromatic nitrogens is 1. The molecule has 0 aliphatic heterocycles. The Bertz CT molecular complexity index is 753. The molecule has 1 aliphatic rings. The topological polar surface area (TPSA) is 72.5 Å². The number of benzene rings is 1. The summed E-state index contributed by atoms with van der Waals surface area (Å²) in [5, 5.41) is 5.56. The molecular formula is C20H24FN3O3. The van der Waals surface area contributed by atoms with E-state index in [4.69, 9.17) is 9.47 Å². The van der Waals surface area contributed by atoms with E-state index in [1.165, 1.54) is 25.0 Å². The number of nitrogens with one attached hydrogen (secondary N) is 2. The van der Waals surface area contributed by atoms with E-state index < -0.39 is 0 Å². The van der Waals surface area contributed by atoms with Gasteiger partial charge in [0.15, 0.2) is 0 Å². The van der Waals surface area contributed by atoms with Crippen molar-refractivity contribution in [3.8, 4) is 11.6 Å². The molecule has 0 bridgehead atoms. The zero-order chi connectivity index (χ0) is 18.9. The smallest absolute Gasteiger partial charge is 0.315 e. The first kappa shape index (κ1) is 19.1. The van der Waals surface area contributed by atoms with Crippen LogP contribution in [0.5, 0.6) is 11.6 Å². The maximum Gasteiger partial charge on any atom is 0.315 e. The van der Waals surface area contributed by atoms with E-state index >= 15 is 0 Å². The van der Waals surface area contributed by atoms with Gasteiger partial charge in [0, 0.05) is 44.1 Å². The second-order valence-electron chi connectivity index (χ2n) is 6.51. The Morgan fingerprint density at radius 1 is 1.22 bits per heavy atom. The van der Waals surface area contributed by atoms with Gasteiger partial charge < -0.3 is 20.1 Å². The van der Waals surface area contributed by atoms with Crippen LogP contribution >= 0.6 is 0 Å². The van der Waals surface area contributed by atoms with Crippen molar-refractivity contribution in [2.45, 2.75) is 25.8 Å². The number of halogens is 1. The third-order valence-electron chi connectivity index (χ3n) is 4.10. The number of rotatable bonds is 10. The highest BCUT2D eigenvalue weighted by Gasteiger charge is 2.20. The van der Waals surface area contributed by atoms with Crippen molar-refractivity contribution in [2.24, 2.45) is 5.92 Å². The highest BCUT2D eigenvalue weighted by Crippen LogP contribution is 2.28. The SMILES string of the molecule is O=C(NCCCOCC1CC1)NCc1cccnc1Oc1cccc(F)c1. The normalized spacial score (nSPS) is 13.2. The first-order valence-corrected chi connectivity index (χ1v) is 9.17. The molecule has 144 valence electrons. The van der Waals surface area contributed by atoms with Gasteiger partial charge in [0.25, 0.3) is 0 Å². The van der Waals surface area contributed by atoms with Crippen molar-refractivity contribution >= 4 is 6.03 Å². The quantitative estimate of drug-likeness (QED) is 0.624. The van der Waals surface area contributed by atoms with E-state index in [0.29, 0.717) is 30.3 Å². The van der Waals surface area contributed by atoms with Crippen molar-refractivity contribution < 1.29 is 18.7 Å². The zero-order valence-corrected chi connectivity index (χ0v) is 15.1. The molecule has 6 nitrogen and oxygen atoms in total. The Balaban J connectivity index is 1.40. The Hall–Kier alpha value is -2.67. The number of carbonyl (C=O) groups is 1. The predicted octanol–water partition coefficient (Wildman–Crippen LogP) is 3.63. The Labute approximate surface area is 158 Å². The molecular weight excluding hydrogens is 349 g/mol. The zero-order valence-electron chi connectivity index (χ0n) is 15.1. The van der Waals surface area contributed by atoms with Gasteiger partial charge in [-0.1, -0.05) is 12.1 Å². The molecule has 1 fully saturated rings. The summed E-state index contributed by atoms with van der Waals surface area (Å²) < 4.78 is 24.4. The second-order valence-corrected chi connectivity index (χ2v) is 6.51. The lowest BCUT2D eigenvalue weighted by Crippen LogP contribution is -2.36. The minimum atomic E-state index is -0.386. The van der Waals surface area contributed by atoms with Crippen molar-refractivity contribution in [3.63, 3.8) is 0 Å². The Morgan fingerprint density at radius 2 is 2.11 bits per heavy atom. The average Bonchev–Trinajstić information content (AvgIpc) is 3.48. The van der Waals surface area contributed by atoms with Crippen LogP contribution in [-0.2, 0) is 11.3 Å². The number of urea groups is 1. The van der Waals surface area contributed by atoms with Crippen LogP contribution in [0.2, 0.25) is 0 Å². The highest BCUT2D eigenvalue weighted by atomic mass is 19.1. The summed E-state index contributed by atoms with van der Waals surface area (Å²) in [4.78, 5) is 16.1. The van der Waals surface area contributed by atoms with Gasteiger partial charge in [-0.2, -0.15) is 0 Å². The molecule has 1 aromatic carbocycles. The molecule has 7 heteroatoms. The van der Waals surface area contributed by atoms with Gasteiger partial charge in [-0.25, -0.2) is 14.2 Å². The van der Waals surface area contributed by atoms with Crippen LogP contribution in [0.25, 0.3) is 0 Å². The summed E-state index contributed by atoms with van der Waals surface area (Å²) in [5.41, 5.74) is 0.699. The molecule has 0 saturated heterocycles. The molecule has 1 heterocycles. The van der Waals surface area contributed by atoms with Gasteiger partial charge in [-0.3, -0.25) is 0 Å². The van der Waals surface area contributed by atoms with Crippen LogP contribution < -0.4 is 15.4 Å². The maximum atomic E-state index is 13.3. The molecule has 0 radical (unpaired) electrons. The number of pyridine rings is 1. The van der Waals surface area contributed by atoms with Crippen molar-refractivity contribution in [1.82, 2.24) is 15.6 Å². The summed E-state index contributed by atoms with van der Waals surface area (Å²) in [7, 11) is 0. The first-order chi connectivity index (χ1) is 13.2. The minimum Gasteiger partial charge on any atom is -0.439 e. The molecule has 0 spiro atoms. The monoisotopic (exact) mass is 373 g/mol. The second kappa shape index (κ2) is 9.87. The molecule has 3 rings (SSSR count). The molecule has 0 atom stereocenters. The van der Waals surface area contributed by atoms with Gasteiger partial charge >= 0.3 is 6.03 Å². The Morgan fingerprint density at radius 3 is 2.93 bits per heavy atom. The first-order valence-electron chi connectivity index (χ1n) is 9.17. The molecule has 2 amide bonds. The van der Waals surface area contributed by atoms with Crippen molar-refractivity contribution in [1.29, 1.82) is 0 Å². The van der Waals surface area contributed by atoms with E-state index in [-0.39, 0.29) is 18.4 Å². The largest absolute Gasteiger partial charge is 0.439 e. The third-order valence-corrected chi connectivity index (χ3v) is 4.10. The fraction of sp³-hybridized carbons (Fsp3) is 0.400. The highest BCUT2D eigenvalue weighted by molar-refractivity contribution is 5.73. The van der Waals surface area contributed by atoms with Crippen LogP contribution in [0, 0.1) is 11.7 Å². The average molecular weight is 373 g/mol.